The molecule has 2 aliphatic rings. The maximum atomic E-state index is 13.9. The summed E-state index contributed by atoms with van der Waals surface area (Å²) >= 11 is 0. The summed E-state index contributed by atoms with van der Waals surface area (Å²) in [5.74, 6) is 1.22. The topological polar surface area (TPSA) is 46.1 Å². The first-order valence-electron chi connectivity index (χ1n) is 9.46. The van der Waals surface area contributed by atoms with E-state index < -0.39 is 0 Å². The van der Waals surface area contributed by atoms with Crippen molar-refractivity contribution in [1.29, 1.82) is 0 Å². The fraction of sp³-hybridized carbons (Fsp3) is 0.318. The van der Waals surface area contributed by atoms with Gasteiger partial charge in [-0.1, -0.05) is 36.4 Å². The van der Waals surface area contributed by atoms with Crippen molar-refractivity contribution in [2.75, 3.05) is 26.9 Å². The molecule has 2 heterocycles. The van der Waals surface area contributed by atoms with Crippen molar-refractivity contribution in [2.45, 2.75) is 19.6 Å². The molecule has 2 aliphatic heterocycles. The molecule has 5 nitrogen and oxygen atoms in total. The van der Waals surface area contributed by atoms with Gasteiger partial charge in [0.1, 0.15) is 11.6 Å². The highest BCUT2D eigenvalue weighted by Crippen LogP contribution is 2.29. The second-order valence-corrected chi connectivity index (χ2v) is 6.86. The molecule has 0 aliphatic carbocycles. The number of fused-ring (bicyclic) bond motifs is 1. The van der Waals surface area contributed by atoms with Crippen LogP contribution in [0.2, 0.25) is 0 Å². The Balaban J connectivity index is 0.00000240. The molecule has 0 fully saturated rings. The van der Waals surface area contributed by atoms with Gasteiger partial charge in [0.15, 0.2) is 12.8 Å². The van der Waals surface area contributed by atoms with E-state index >= 15 is 0 Å². The Labute approximate surface area is 187 Å². The van der Waals surface area contributed by atoms with E-state index in [1.807, 2.05) is 6.07 Å². The second kappa shape index (κ2) is 10.1. The molecule has 1 N–H and O–H groups in total. The highest BCUT2D eigenvalue weighted by Gasteiger charge is 2.19. The normalized spacial score (nSPS) is 16.3. The van der Waals surface area contributed by atoms with Crippen LogP contribution < -0.4 is 10.1 Å². The molecule has 154 valence electrons. The molecule has 29 heavy (non-hydrogen) atoms. The third-order valence-electron chi connectivity index (χ3n) is 5.05. The van der Waals surface area contributed by atoms with Gasteiger partial charge < -0.3 is 19.7 Å². The monoisotopic (exact) mass is 509 g/mol. The molecule has 0 saturated heterocycles. The van der Waals surface area contributed by atoms with E-state index in [-0.39, 0.29) is 36.6 Å². The number of ether oxygens (including phenoxy) is 2. The van der Waals surface area contributed by atoms with Gasteiger partial charge in [-0.25, -0.2) is 4.39 Å². The first kappa shape index (κ1) is 21.6. The number of halogens is 2. The van der Waals surface area contributed by atoms with Gasteiger partial charge in [0, 0.05) is 37.8 Å². The molecule has 0 saturated carbocycles. The van der Waals surface area contributed by atoms with Crippen LogP contribution in [0.3, 0.4) is 0 Å². The van der Waals surface area contributed by atoms with E-state index in [1.165, 1.54) is 23.3 Å². The fourth-order valence-electron chi connectivity index (χ4n) is 3.67. The van der Waals surface area contributed by atoms with Crippen LogP contribution in [0.1, 0.15) is 23.1 Å². The summed E-state index contributed by atoms with van der Waals surface area (Å²) < 4.78 is 24.8. The molecule has 2 aromatic carbocycles. The first-order valence-corrected chi connectivity index (χ1v) is 9.46. The molecule has 0 spiro atoms. The van der Waals surface area contributed by atoms with E-state index in [0.717, 1.165) is 36.6 Å². The van der Waals surface area contributed by atoms with Crippen molar-refractivity contribution in [2.24, 2.45) is 4.99 Å². The molecule has 0 unspecified atom stereocenters. The van der Waals surface area contributed by atoms with Gasteiger partial charge in [0.05, 0.1) is 6.61 Å². The number of benzene rings is 2. The molecular weight excluding hydrogens is 484 g/mol. The van der Waals surface area contributed by atoms with Crippen molar-refractivity contribution in [1.82, 2.24) is 10.2 Å². The zero-order valence-corrected chi connectivity index (χ0v) is 18.7. The standard InChI is InChI=1S/C22H24FN3O2.HI/c1-24-22(26-9-7-17(8-10-26)16-5-3-2-4-6-16)25-13-18-11-20(23)12-19-14-27-15-28-21(18)19;/h2-7,11-12H,8-10,13-15H2,1H3,(H,24,25);1H. The van der Waals surface area contributed by atoms with Crippen LogP contribution >= 0.6 is 24.0 Å². The summed E-state index contributed by atoms with van der Waals surface area (Å²) in [4.78, 5) is 6.60. The molecule has 0 aromatic heterocycles. The van der Waals surface area contributed by atoms with Gasteiger partial charge in [-0.2, -0.15) is 0 Å². The number of hydrogen-bond donors (Lipinski definition) is 1. The number of guanidine groups is 1. The number of nitrogens with zero attached hydrogens (tertiary/aromatic N) is 2. The zero-order valence-electron chi connectivity index (χ0n) is 16.4. The van der Waals surface area contributed by atoms with Crippen LogP contribution in [0.4, 0.5) is 4.39 Å². The zero-order chi connectivity index (χ0) is 19.3. The molecule has 2 aromatic rings. The maximum absolute atomic E-state index is 13.9. The Hall–Kier alpha value is -2.13. The highest BCUT2D eigenvalue weighted by atomic mass is 127. The molecule has 0 amide bonds. The van der Waals surface area contributed by atoms with Crippen LogP contribution in [0, 0.1) is 5.82 Å². The predicted octanol–water partition coefficient (Wildman–Crippen LogP) is 4.17. The SMILES string of the molecule is CN=C(NCc1cc(F)cc2c1OCOC2)N1CC=C(c2ccccc2)CC1.I. The van der Waals surface area contributed by atoms with Crippen molar-refractivity contribution in [3.8, 4) is 5.75 Å². The minimum Gasteiger partial charge on any atom is -0.467 e. The van der Waals surface area contributed by atoms with Crippen molar-refractivity contribution < 1.29 is 13.9 Å². The Bertz CT molecular complexity index is 902. The number of nitrogens with one attached hydrogen (secondary N) is 1. The molecule has 0 bridgehead atoms. The molecule has 7 heteroatoms. The van der Waals surface area contributed by atoms with E-state index in [9.17, 15) is 4.39 Å². The van der Waals surface area contributed by atoms with Crippen LogP contribution in [-0.2, 0) is 17.9 Å². The Morgan fingerprint density at radius 1 is 1.24 bits per heavy atom. The van der Waals surface area contributed by atoms with Gasteiger partial charge in [0.2, 0.25) is 0 Å². The highest BCUT2D eigenvalue weighted by molar-refractivity contribution is 14.0. The van der Waals surface area contributed by atoms with Crippen LogP contribution in [0.15, 0.2) is 53.5 Å². The summed E-state index contributed by atoms with van der Waals surface area (Å²) in [5.41, 5.74) is 4.15. The van der Waals surface area contributed by atoms with Crippen LogP contribution in [0.5, 0.6) is 5.75 Å². The lowest BCUT2D eigenvalue weighted by molar-refractivity contribution is -0.0173. The lowest BCUT2D eigenvalue weighted by Crippen LogP contribution is -2.43. The average Bonchev–Trinajstić information content (AvgIpc) is 2.75. The minimum atomic E-state index is -0.284. The summed E-state index contributed by atoms with van der Waals surface area (Å²) in [5, 5.41) is 3.35. The van der Waals surface area contributed by atoms with Gasteiger partial charge in [-0.3, -0.25) is 4.99 Å². The summed E-state index contributed by atoms with van der Waals surface area (Å²) in [6, 6.07) is 13.4. The Kier molecular flexibility index (Phi) is 7.49. The van der Waals surface area contributed by atoms with Crippen LogP contribution in [-0.4, -0.2) is 37.8 Å². The van der Waals surface area contributed by atoms with Gasteiger partial charge >= 0.3 is 0 Å². The quantitative estimate of drug-likeness (QED) is 0.384. The van der Waals surface area contributed by atoms with Crippen molar-refractivity contribution >= 4 is 35.5 Å². The molecule has 0 radical (unpaired) electrons. The number of rotatable bonds is 3. The number of hydrogen-bond acceptors (Lipinski definition) is 3. The molecule has 4 rings (SSSR count). The summed E-state index contributed by atoms with van der Waals surface area (Å²) in [6.45, 7) is 2.67. The van der Waals surface area contributed by atoms with Gasteiger partial charge in [0.25, 0.3) is 0 Å². The third kappa shape index (κ3) is 5.08. The van der Waals surface area contributed by atoms with E-state index in [1.54, 1.807) is 7.05 Å². The van der Waals surface area contributed by atoms with Crippen molar-refractivity contribution in [3.63, 3.8) is 0 Å². The predicted molar refractivity (Wildman–Crippen MR) is 123 cm³/mol. The van der Waals surface area contributed by atoms with E-state index in [4.69, 9.17) is 9.47 Å². The summed E-state index contributed by atoms with van der Waals surface area (Å²) in [6.07, 6.45) is 3.21. The Morgan fingerprint density at radius 3 is 2.79 bits per heavy atom. The van der Waals surface area contributed by atoms with E-state index in [0.29, 0.717) is 18.9 Å². The molecule has 0 atom stereocenters. The van der Waals surface area contributed by atoms with Gasteiger partial charge in [-0.15, -0.1) is 24.0 Å². The van der Waals surface area contributed by atoms with Crippen LogP contribution in [0.25, 0.3) is 5.57 Å². The van der Waals surface area contributed by atoms with Gasteiger partial charge in [-0.05, 0) is 29.7 Å². The largest absolute Gasteiger partial charge is 0.467 e. The maximum Gasteiger partial charge on any atom is 0.194 e. The average molecular weight is 509 g/mol. The van der Waals surface area contributed by atoms with Crippen molar-refractivity contribution in [3.05, 3.63) is 71.0 Å². The third-order valence-corrected chi connectivity index (χ3v) is 5.05. The lowest BCUT2D eigenvalue weighted by Gasteiger charge is -2.30. The molecular formula is C22H25FIN3O2. The number of aliphatic imine (C=N–C) groups is 1. The lowest BCUT2D eigenvalue weighted by atomic mass is 10.00. The second-order valence-electron chi connectivity index (χ2n) is 6.86. The minimum absolute atomic E-state index is 0. The smallest absolute Gasteiger partial charge is 0.194 e. The summed E-state index contributed by atoms with van der Waals surface area (Å²) in [7, 11) is 1.77. The Morgan fingerprint density at radius 2 is 2.07 bits per heavy atom. The fourth-order valence-corrected chi connectivity index (χ4v) is 3.67. The first-order chi connectivity index (χ1) is 13.7. The van der Waals surface area contributed by atoms with E-state index in [2.05, 4.69) is 45.6 Å².